The lowest BCUT2D eigenvalue weighted by Crippen LogP contribution is -2.74. The van der Waals surface area contributed by atoms with Crippen LogP contribution in [0.1, 0.15) is 10.4 Å². The third kappa shape index (κ3) is 4.42. The Morgan fingerprint density at radius 3 is 2.67 bits per heavy atom. The Labute approximate surface area is 196 Å². The smallest absolute Gasteiger partial charge is 0.333 e. The molecule has 9 heteroatoms. The summed E-state index contributed by atoms with van der Waals surface area (Å²) in [6, 6.07) is 11.9. The van der Waals surface area contributed by atoms with Crippen molar-refractivity contribution in [2.75, 3.05) is 4.43 Å². The quantitative estimate of drug-likeness (QED) is 0.247. The monoisotopic (exact) mass is 554 g/mol. The molecule has 2 aliphatic heterocycles. The maximum atomic E-state index is 12.9. The Hall–Kier alpha value is -1.85. The van der Waals surface area contributed by atoms with E-state index in [4.69, 9.17) is 4.74 Å². The summed E-state index contributed by atoms with van der Waals surface area (Å²) in [6.45, 7) is 0.158. The second-order valence-corrected chi connectivity index (χ2v) is 9.68. The van der Waals surface area contributed by atoms with Crippen molar-refractivity contribution in [3.05, 3.63) is 69.3 Å². The van der Waals surface area contributed by atoms with E-state index >= 15 is 0 Å². The molecule has 2 aromatic rings. The number of esters is 1. The lowest BCUT2D eigenvalue weighted by atomic mass is 9.98. The molecular weight excluding hydrogens is 535 g/mol. The minimum atomic E-state index is -0.741. The number of amides is 2. The van der Waals surface area contributed by atoms with E-state index in [-0.39, 0.29) is 30.2 Å². The van der Waals surface area contributed by atoms with Crippen molar-refractivity contribution in [2.45, 2.75) is 30.5 Å². The van der Waals surface area contributed by atoms with E-state index in [9.17, 15) is 14.4 Å². The Balaban J connectivity index is 1.42. The fraction of sp³-hybridized carbons (Fsp3) is 0.286. The standard InChI is InChI=1S/C21H19IN2O4S2/c22-10-14-12-30-20-17(23-16(25)9-15-7-4-8-29-15)19(26)24(20)18(14)21(27)28-11-13-5-2-1-3-6-13/h1-8,12,17-18,20H,9-11H2,(H,23,25)/t17?,18?,20-/m1/s1. The molecule has 1 aromatic carbocycles. The van der Waals surface area contributed by atoms with E-state index < -0.39 is 18.1 Å². The van der Waals surface area contributed by atoms with Gasteiger partial charge in [-0.15, -0.1) is 23.1 Å². The van der Waals surface area contributed by atoms with Gasteiger partial charge in [0, 0.05) is 9.30 Å². The van der Waals surface area contributed by atoms with E-state index in [1.807, 2.05) is 53.3 Å². The van der Waals surface area contributed by atoms with Gasteiger partial charge in [-0.25, -0.2) is 4.79 Å². The summed E-state index contributed by atoms with van der Waals surface area (Å²) < 4.78 is 6.13. The van der Waals surface area contributed by atoms with Crippen LogP contribution in [-0.2, 0) is 32.1 Å². The second-order valence-electron chi connectivity index (χ2n) is 6.90. The first kappa shape index (κ1) is 21.4. The van der Waals surface area contributed by atoms with E-state index in [1.54, 1.807) is 4.90 Å². The number of nitrogens with one attached hydrogen (secondary N) is 1. The maximum Gasteiger partial charge on any atom is 0.333 e. The SMILES string of the molecule is O=C(Cc1cccs1)NC1C(=O)N2C(C(=O)OCc3ccccc3)C(CI)=CS[C@H]12. The summed E-state index contributed by atoms with van der Waals surface area (Å²) in [5, 5.41) is 6.36. The number of halogens is 1. The molecule has 1 N–H and O–H groups in total. The molecule has 0 radical (unpaired) electrons. The zero-order valence-electron chi connectivity index (χ0n) is 15.8. The van der Waals surface area contributed by atoms with Gasteiger partial charge < -0.3 is 15.0 Å². The molecule has 2 aliphatic rings. The lowest BCUT2D eigenvalue weighted by molar-refractivity contribution is -0.163. The number of fused-ring (bicyclic) bond motifs is 1. The summed E-state index contributed by atoms with van der Waals surface area (Å²) in [6.07, 6.45) is 0.246. The number of carbonyl (C=O) groups excluding carboxylic acids is 3. The number of β-lactam (4-membered cyclic amide) rings is 1. The highest BCUT2D eigenvalue weighted by atomic mass is 127. The number of hydrogen-bond donors (Lipinski definition) is 1. The Morgan fingerprint density at radius 2 is 1.97 bits per heavy atom. The van der Waals surface area contributed by atoms with E-state index in [0.29, 0.717) is 4.43 Å². The fourth-order valence-electron chi connectivity index (χ4n) is 3.41. The first-order valence-electron chi connectivity index (χ1n) is 9.33. The molecule has 0 aliphatic carbocycles. The van der Waals surface area contributed by atoms with Gasteiger partial charge in [-0.3, -0.25) is 9.59 Å². The summed E-state index contributed by atoms with van der Waals surface area (Å²) >= 11 is 5.15. The summed E-state index contributed by atoms with van der Waals surface area (Å²) in [4.78, 5) is 40.5. The lowest BCUT2D eigenvalue weighted by Gasteiger charge is -2.51. The Bertz CT molecular complexity index is 965. The van der Waals surface area contributed by atoms with Gasteiger partial charge in [0.2, 0.25) is 11.8 Å². The van der Waals surface area contributed by atoms with Crippen LogP contribution in [0.5, 0.6) is 0 Å². The number of ether oxygens (including phenoxy) is 1. The molecule has 4 rings (SSSR count). The van der Waals surface area contributed by atoms with Crippen molar-refractivity contribution in [1.82, 2.24) is 10.2 Å². The van der Waals surface area contributed by atoms with Crippen LogP contribution < -0.4 is 5.32 Å². The minimum absolute atomic E-state index is 0.158. The van der Waals surface area contributed by atoms with Crippen molar-refractivity contribution < 1.29 is 19.1 Å². The molecule has 1 aromatic heterocycles. The second kappa shape index (κ2) is 9.52. The van der Waals surface area contributed by atoms with Crippen LogP contribution in [0.15, 0.2) is 58.8 Å². The van der Waals surface area contributed by atoms with E-state index in [2.05, 4.69) is 27.9 Å². The summed E-state index contributed by atoms with van der Waals surface area (Å²) in [7, 11) is 0. The van der Waals surface area contributed by atoms with Crippen LogP contribution in [0.25, 0.3) is 0 Å². The number of benzene rings is 1. The molecule has 0 spiro atoms. The molecular formula is C21H19IN2O4S2. The summed E-state index contributed by atoms with van der Waals surface area (Å²) in [5.74, 6) is -0.879. The average Bonchev–Trinajstić information content (AvgIpc) is 3.28. The predicted molar refractivity (Wildman–Crippen MR) is 125 cm³/mol. The topological polar surface area (TPSA) is 75.7 Å². The van der Waals surface area contributed by atoms with Gasteiger partial charge in [0.15, 0.2) is 6.04 Å². The molecule has 3 atom stereocenters. The van der Waals surface area contributed by atoms with Gasteiger partial charge in [0.05, 0.1) is 6.42 Å². The Morgan fingerprint density at radius 1 is 1.17 bits per heavy atom. The van der Waals surface area contributed by atoms with Gasteiger partial charge in [0.1, 0.15) is 18.0 Å². The highest BCUT2D eigenvalue weighted by molar-refractivity contribution is 14.1. The van der Waals surface area contributed by atoms with Crippen LogP contribution in [0.3, 0.4) is 0 Å². The van der Waals surface area contributed by atoms with Crippen LogP contribution in [0.4, 0.5) is 0 Å². The van der Waals surface area contributed by atoms with Crippen molar-refractivity contribution in [1.29, 1.82) is 0 Å². The van der Waals surface area contributed by atoms with Gasteiger partial charge in [0.25, 0.3) is 0 Å². The highest BCUT2D eigenvalue weighted by Gasteiger charge is 2.55. The molecule has 0 saturated carbocycles. The fourth-order valence-corrected chi connectivity index (χ4v) is 6.28. The number of hydrogen-bond acceptors (Lipinski definition) is 6. The molecule has 0 bridgehead atoms. The first-order valence-corrected chi connectivity index (χ1v) is 12.7. The number of nitrogens with zero attached hydrogens (tertiary/aromatic N) is 1. The van der Waals surface area contributed by atoms with E-state index in [0.717, 1.165) is 16.0 Å². The van der Waals surface area contributed by atoms with Gasteiger partial charge >= 0.3 is 5.97 Å². The number of alkyl halides is 1. The predicted octanol–water partition coefficient (Wildman–Crippen LogP) is 3.12. The van der Waals surface area contributed by atoms with Gasteiger partial charge in [-0.05, 0) is 28.0 Å². The number of thioether (sulfide) groups is 1. The van der Waals surface area contributed by atoms with Crippen LogP contribution in [0, 0.1) is 0 Å². The number of rotatable bonds is 7. The van der Waals surface area contributed by atoms with Crippen molar-refractivity contribution >= 4 is 63.5 Å². The molecule has 156 valence electrons. The maximum absolute atomic E-state index is 12.9. The molecule has 1 saturated heterocycles. The van der Waals surface area contributed by atoms with Crippen LogP contribution in [-0.4, -0.2) is 44.6 Å². The van der Waals surface area contributed by atoms with Crippen molar-refractivity contribution in [3.63, 3.8) is 0 Å². The third-order valence-electron chi connectivity index (χ3n) is 4.90. The largest absolute Gasteiger partial charge is 0.459 e. The molecule has 1 fully saturated rings. The minimum Gasteiger partial charge on any atom is -0.459 e. The van der Waals surface area contributed by atoms with Crippen molar-refractivity contribution in [2.24, 2.45) is 0 Å². The molecule has 2 amide bonds. The molecule has 3 heterocycles. The zero-order chi connectivity index (χ0) is 21.1. The summed E-state index contributed by atoms with van der Waals surface area (Å²) in [5.41, 5.74) is 1.73. The van der Waals surface area contributed by atoms with Crippen LogP contribution in [0.2, 0.25) is 0 Å². The number of thiophene rings is 1. The molecule has 2 unspecified atom stereocenters. The normalized spacial score (nSPS) is 22.6. The molecule has 30 heavy (non-hydrogen) atoms. The first-order chi connectivity index (χ1) is 14.6. The third-order valence-corrected chi connectivity index (χ3v) is 7.88. The van der Waals surface area contributed by atoms with Gasteiger partial charge in [-0.1, -0.05) is 59.0 Å². The van der Waals surface area contributed by atoms with Gasteiger partial charge in [-0.2, -0.15) is 0 Å². The molecule has 6 nitrogen and oxygen atoms in total. The van der Waals surface area contributed by atoms with E-state index in [1.165, 1.54) is 23.1 Å². The zero-order valence-corrected chi connectivity index (χ0v) is 19.6. The van der Waals surface area contributed by atoms with Crippen molar-refractivity contribution in [3.8, 4) is 0 Å². The average molecular weight is 554 g/mol. The highest BCUT2D eigenvalue weighted by Crippen LogP contribution is 2.40. The number of carbonyl (C=O) groups is 3. The Kier molecular flexibility index (Phi) is 6.79. The van der Waals surface area contributed by atoms with Crippen LogP contribution >= 0.6 is 45.7 Å².